The van der Waals surface area contributed by atoms with E-state index in [0.29, 0.717) is 13.1 Å². The highest BCUT2D eigenvalue weighted by molar-refractivity contribution is 7.87. The largest absolute Gasteiger partial charge is 0.479 e. The van der Waals surface area contributed by atoms with Crippen molar-refractivity contribution >= 4 is 16.2 Å². The van der Waals surface area contributed by atoms with Crippen molar-refractivity contribution in [3.63, 3.8) is 0 Å². The fraction of sp³-hybridized carbons (Fsp3) is 0.857. The van der Waals surface area contributed by atoms with Crippen LogP contribution in [0.15, 0.2) is 0 Å². The maximum absolute atomic E-state index is 11.5. The lowest BCUT2D eigenvalue weighted by atomic mass is 10.4. The number of rotatable bonds is 5. The van der Waals surface area contributed by atoms with Gasteiger partial charge >= 0.3 is 5.97 Å². The molecule has 0 aromatic heterocycles. The second-order valence-corrected chi connectivity index (χ2v) is 5.07. The average Bonchev–Trinajstić information content (AvgIpc) is 2.67. The number of nitrogens with zero attached hydrogens (tertiary/aromatic N) is 1. The summed E-state index contributed by atoms with van der Waals surface area (Å²) in [5, 5.41) is 17.2. The monoisotopic (exact) mass is 238 g/mol. The van der Waals surface area contributed by atoms with E-state index < -0.39 is 28.8 Å². The molecule has 15 heavy (non-hydrogen) atoms. The Morgan fingerprint density at radius 3 is 2.40 bits per heavy atom. The van der Waals surface area contributed by atoms with Crippen LogP contribution in [-0.2, 0) is 15.0 Å². The third-order valence-electron chi connectivity index (χ3n) is 2.15. The summed E-state index contributed by atoms with van der Waals surface area (Å²) in [5.41, 5.74) is 0. The van der Waals surface area contributed by atoms with Crippen molar-refractivity contribution in [1.29, 1.82) is 0 Å². The minimum atomic E-state index is -3.63. The number of aliphatic carboxylic acids is 1. The Hall–Kier alpha value is -0.700. The van der Waals surface area contributed by atoms with E-state index in [2.05, 4.69) is 0 Å². The van der Waals surface area contributed by atoms with E-state index in [1.54, 1.807) is 0 Å². The minimum absolute atomic E-state index is 0.443. The molecule has 0 aromatic rings. The van der Waals surface area contributed by atoms with Gasteiger partial charge in [0.1, 0.15) is 0 Å². The molecule has 0 aromatic carbocycles. The second kappa shape index (κ2) is 4.88. The molecule has 0 radical (unpaired) electrons. The highest BCUT2D eigenvalue weighted by Crippen LogP contribution is 2.10. The molecule has 0 amide bonds. The first kappa shape index (κ1) is 12.4. The average molecular weight is 238 g/mol. The van der Waals surface area contributed by atoms with Crippen LogP contribution in [0.25, 0.3) is 0 Å². The molecule has 1 aliphatic rings. The van der Waals surface area contributed by atoms with Gasteiger partial charge < -0.3 is 10.2 Å². The molecule has 0 aliphatic carbocycles. The van der Waals surface area contributed by atoms with Gasteiger partial charge in [-0.2, -0.15) is 17.4 Å². The van der Waals surface area contributed by atoms with Crippen molar-refractivity contribution in [3.8, 4) is 0 Å². The van der Waals surface area contributed by atoms with Gasteiger partial charge in [0.05, 0.1) is 0 Å². The molecule has 1 fully saturated rings. The van der Waals surface area contributed by atoms with E-state index in [4.69, 9.17) is 10.2 Å². The van der Waals surface area contributed by atoms with Crippen LogP contribution in [0.3, 0.4) is 0 Å². The Morgan fingerprint density at radius 2 is 1.93 bits per heavy atom. The molecule has 8 heteroatoms. The van der Waals surface area contributed by atoms with Crippen molar-refractivity contribution in [1.82, 2.24) is 9.03 Å². The van der Waals surface area contributed by atoms with Crippen LogP contribution >= 0.6 is 0 Å². The van der Waals surface area contributed by atoms with Crippen LogP contribution < -0.4 is 4.72 Å². The highest BCUT2D eigenvalue weighted by Gasteiger charge is 2.26. The van der Waals surface area contributed by atoms with Gasteiger partial charge in [0.25, 0.3) is 10.2 Å². The molecular weight excluding hydrogens is 224 g/mol. The summed E-state index contributed by atoms with van der Waals surface area (Å²) in [6.45, 7) is 0.380. The number of aliphatic hydroxyl groups excluding tert-OH is 1. The summed E-state index contributed by atoms with van der Waals surface area (Å²) in [5.74, 6) is -1.45. The highest BCUT2D eigenvalue weighted by atomic mass is 32.2. The zero-order chi connectivity index (χ0) is 11.5. The van der Waals surface area contributed by atoms with Crippen LogP contribution in [0.2, 0.25) is 0 Å². The van der Waals surface area contributed by atoms with Gasteiger partial charge in [0.2, 0.25) is 0 Å². The summed E-state index contributed by atoms with van der Waals surface area (Å²) in [6, 6.07) is 0. The van der Waals surface area contributed by atoms with E-state index in [9.17, 15) is 13.2 Å². The fourth-order valence-electron chi connectivity index (χ4n) is 1.29. The van der Waals surface area contributed by atoms with Gasteiger partial charge in [-0.1, -0.05) is 0 Å². The van der Waals surface area contributed by atoms with Crippen LogP contribution in [0.5, 0.6) is 0 Å². The normalized spacial score (nSPS) is 20.3. The third-order valence-corrected chi connectivity index (χ3v) is 3.73. The lowest BCUT2D eigenvalue weighted by Gasteiger charge is -2.16. The fourth-order valence-corrected chi connectivity index (χ4v) is 2.58. The van der Waals surface area contributed by atoms with Crippen molar-refractivity contribution in [2.45, 2.75) is 18.9 Å². The first-order valence-electron chi connectivity index (χ1n) is 4.59. The molecule has 1 aliphatic heterocycles. The SMILES string of the molecule is O=C(O)[C@@H](O)CNS(=O)(=O)N1CCCC1. The van der Waals surface area contributed by atoms with Crippen LogP contribution in [0.4, 0.5) is 0 Å². The Morgan fingerprint density at radius 1 is 1.40 bits per heavy atom. The Bertz CT molecular complexity index is 322. The molecule has 0 saturated carbocycles. The van der Waals surface area contributed by atoms with E-state index in [-0.39, 0.29) is 0 Å². The molecule has 0 spiro atoms. The van der Waals surface area contributed by atoms with Gasteiger partial charge in [0.15, 0.2) is 6.10 Å². The van der Waals surface area contributed by atoms with Gasteiger partial charge in [-0.05, 0) is 12.8 Å². The molecule has 1 saturated heterocycles. The Kier molecular flexibility index (Phi) is 4.03. The lowest BCUT2D eigenvalue weighted by molar-refractivity contribution is -0.146. The smallest absolute Gasteiger partial charge is 0.333 e. The Balaban J connectivity index is 2.46. The van der Waals surface area contributed by atoms with Gasteiger partial charge in [0, 0.05) is 19.6 Å². The first-order valence-corrected chi connectivity index (χ1v) is 6.03. The van der Waals surface area contributed by atoms with Crippen LogP contribution in [0, 0.1) is 0 Å². The third kappa shape index (κ3) is 3.42. The maximum atomic E-state index is 11.5. The van der Waals surface area contributed by atoms with Crippen molar-refractivity contribution in [2.75, 3.05) is 19.6 Å². The van der Waals surface area contributed by atoms with E-state index in [0.717, 1.165) is 12.8 Å². The molecule has 7 nitrogen and oxygen atoms in total. The molecule has 1 heterocycles. The minimum Gasteiger partial charge on any atom is -0.479 e. The number of carboxylic acids is 1. The van der Waals surface area contributed by atoms with Gasteiger partial charge in [-0.15, -0.1) is 0 Å². The molecule has 1 rings (SSSR count). The first-order chi connectivity index (χ1) is 6.93. The molecule has 88 valence electrons. The van der Waals surface area contributed by atoms with Crippen molar-refractivity contribution < 1.29 is 23.4 Å². The van der Waals surface area contributed by atoms with Gasteiger partial charge in [-0.3, -0.25) is 0 Å². The molecule has 0 bridgehead atoms. The maximum Gasteiger partial charge on any atom is 0.333 e. The number of carbonyl (C=O) groups is 1. The molecule has 0 unspecified atom stereocenters. The number of carboxylic acid groups (broad SMARTS) is 1. The van der Waals surface area contributed by atoms with Gasteiger partial charge in [-0.25, -0.2) is 4.79 Å². The second-order valence-electron chi connectivity index (χ2n) is 3.31. The Labute approximate surface area is 87.9 Å². The van der Waals surface area contributed by atoms with Crippen molar-refractivity contribution in [3.05, 3.63) is 0 Å². The predicted molar refractivity (Wildman–Crippen MR) is 51.4 cm³/mol. The summed E-state index contributed by atoms with van der Waals surface area (Å²) in [6.07, 6.45) is -0.0903. The standard InChI is InChI=1S/C7H14N2O5S/c10-6(7(11)12)5-8-15(13,14)9-3-1-2-4-9/h6,8,10H,1-5H2,(H,11,12)/t6-/m0/s1. The lowest BCUT2D eigenvalue weighted by Crippen LogP contribution is -2.43. The molecular formula is C7H14N2O5S. The zero-order valence-corrected chi connectivity index (χ0v) is 8.90. The number of nitrogens with one attached hydrogen (secondary N) is 1. The van der Waals surface area contributed by atoms with Crippen LogP contribution in [0.1, 0.15) is 12.8 Å². The number of hydrogen-bond acceptors (Lipinski definition) is 4. The van der Waals surface area contributed by atoms with Crippen LogP contribution in [-0.4, -0.2) is 54.6 Å². The number of hydrogen-bond donors (Lipinski definition) is 3. The van der Waals surface area contributed by atoms with Crippen molar-refractivity contribution in [2.24, 2.45) is 0 Å². The number of aliphatic hydroxyl groups is 1. The van der Waals surface area contributed by atoms with E-state index in [1.165, 1.54) is 4.31 Å². The quantitative estimate of drug-likeness (QED) is 0.532. The summed E-state index contributed by atoms with van der Waals surface area (Å²) >= 11 is 0. The zero-order valence-electron chi connectivity index (χ0n) is 8.09. The molecule has 1 atom stereocenters. The predicted octanol–water partition coefficient (Wildman–Crippen LogP) is -1.64. The summed E-state index contributed by atoms with van der Waals surface area (Å²) in [7, 11) is -3.63. The topological polar surface area (TPSA) is 107 Å². The summed E-state index contributed by atoms with van der Waals surface area (Å²) in [4.78, 5) is 10.2. The van der Waals surface area contributed by atoms with E-state index in [1.807, 2.05) is 4.72 Å². The summed E-state index contributed by atoms with van der Waals surface area (Å²) < 4.78 is 26.2. The van der Waals surface area contributed by atoms with E-state index >= 15 is 0 Å². The molecule has 3 N–H and O–H groups in total.